The van der Waals surface area contributed by atoms with Crippen LogP contribution < -0.4 is 19.5 Å². The van der Waals surface area contributed by atoms with Crippen molar-refractivity contribution in [3.8, 4) is 28.4 Å². The Kier molecular flexibility index (Phi) is 6.08. The third kappa shape index (κ3) is 4.15. The number of carbonyl (C=O) groups is 2. The number of carbonyl (C=O) groups excluding carboxylic acids is 1. The summed E-state index contributed by atoms with van der Waals surface area (Å²) in [5.74, 6) is 0.790. The Hall–Kier alpha value is -4.00. The predicted molar refractivity (Wildman–Crippen MR) is 140 cm³/mol. The van der Waals surface area contributed by atoms with E-state index in [1.54, 1.807) is 6.07 Å². The minimum absolute atomic E-state index is 0. The van der Waals surface area contributed by atoms with Crippen LogP contribution in [-0.2, 0) is 16.6 Å². The second kappa shape index (κ2) is 9.22. The largest absolute Gasteiger partial charge is 0.497 e. The number of aryl methyl sites for hydroxylation is 1. The number of hydrogen-bond acceptors (Lipinski definition) is 5. The second-order valence-electron chi connectivity index (χ2n) is 9.39. The van der Waals surface area contributed by atoms with E-state index >= 15 is 0 Å². The normalized spacial score (nSPS) is 14.9. The lowest BCUT2D eigenvalue weighted by Crippen LogP contribution is -2.27. The van der Waals surface area contributed by atoms with Crippen molar-refractivity contribution < 1.29 is 31.8 Å². The molecular formula is C29H33NO6. The van der Waals surface area contributed by atoms with Crippen LogP contribution in [0.2, 0.25) is 0 Å². The zero-order valence-corrected chi connectivity index (χ0v) is 20.6. The molecule has 2 aliphatic rings. The summed E-state index contributed by atoms with van der Waals surface area (Å²) < 4.78 is 16.3. The van der Waals surface area contributed by atoms with Gasteiger partial charge in [-0.25, -0.2) is 4.79 Å². The number of carboxylic acid groups (broad SMARTS) is 1. The third-order valence-corrected chi connectivity index (χ3v) is 7.08. The average Bonchev–Trinajstić information content (AvgIpc) is 3.56. The molecule has 0 atom stereocenters. The highest BCUT2D eigenvalue weighted by Crippen LogP contribution is 2.51. The van der Waals surface area contributed by atoms with Crippen molar-refractivity contribution in [3.05, 3.63) is 70.8 Å². The number of ether oxygens (including phenoxy) is 3. The van der Waals surface area contributed by atoms with Crippen molar-refractivity contribution in [1.29, 1.82) is 0 Å². The molecule has 1 amide bonds. The van der Waals surface area contributed by atoms with Crippen LogP contribution in [0, 0.1) is 6.92 Å². The number of carboxylic acids is 1. The molecule has 36 heavy (non-hydrogen) atoms. The Bertz CT molecular complexity index is 1370. The lowest BCUT2D eigenvalue weighted by molar-refractivity contribution is -0.118. The first-order valence-electron chi connectivity index (χ1n) is 12.1. The number of aromatic carboxylic acids is 1. The summed E-state index contributed by atoms with van der Waals surface area (Å²) in [6.07, 6.45) is 2.93. The van der Waals surface area contributed by atoms with Crippen LogP contribution in [0.15, 0.2) is 48.5 Å². The van der Waals surface area contributed by atoms with Gasteiger partial charge in [0.25, 0.3) is 0 Å². The molecule has 0 saturated heterocycles. The van der Waals surface area contributed by atoms with Gasteiger partial charge in [-0.15, -0.1) is 0 Å². The highest BCUT2D eigenvalue weighted by atomic mass is 16.7. The fraction of sp³-hybridized carbons (Fsp3) is 0.310. The van der Waals surface area contributed by atoms with Crippen LogP contribution in [-0.4, -0.2) is 30.9 Å². The van der Waals surface area contributed by atoms with E-state index in [1.165, 1.54) is 7.11 Å². The monoisotopic (exact) mass is 491 g/mol. The van der Waals surface area contributed by atoms with E-state index in [1.807, 2.05) is 56.3 Å². The minimum atomic E-state index is -0.986. The number of hydrogen-bond donors (Lipinski definition) is 2. The van der Waals surface area contributed by atoms with Crippen LogP contribution in [0.3, 0.4) is 0 Å². The molecular weight excluding hydrogens is 458 g/mol. The number of anilines is 1. The lowest BCUT2D eigenvalue weighted by Gasteiger charge is -2.19. The van der Waals surface area contributed by atoms with Crippen LogP contribution in [0.1, 0.15) is 56.1 Å². The minimum Gasteiger partial charge on any atom is -0.497 e. The van der Waals surface area contributed by atoms with Crippen molar-refractivity contribution in [3.63, 3.8) is 0 Å². The van der Waals surface area contributed by atoms with Gasteiger partial charge in [0.1, 0.15) is 5.75 Å². The second-order valence-corrected chi connectivity index (χ2v) is 9.39. The van der Waals surface area contributed by atoms with Crippen molar-refractivity contribution in [2.24, 2.45) is 0 Å². The molecule has 7 nitrogen and oxygen atoms in total. The number of nitrogens with one attached hydrogen (secondary N) is 1. The number of methoxy groups -OCH3 is 1. The molecule has 5 rings (SSSR count). The fourth-order valence-electron chi connectivity index (χ4n) is 4.92. The zero-order chi connectivity index (χ0) is 25.4. The Morgan fingerprint density at radius 1 is 1.06 bits per heavy atom. The van der Waals surface area contributed by atoms with Crippen LogP contribution >= 0.6 is 0 Å². The molecule has 1 fully saturated rings. The summed E-state index contributed by atoms with van der Waals surface area (Å²) in [6, 6.07) is 14.9. The molecule has 190 valence electrons. The van der Waals surface area contributed by atoms with E-state index in [9.17, 15) is 14.7 Å². The maximum absolute atomic E-state index is 13.5. The van der Waals surface area contributed by atoms with E-state index < -0.39 is 11.4 Å². The Morgan fingerprint density at radius 3 is 2.53 bits per heavy atom. The molecule has 0 unspecified atom stereocenters. The molecule has 3 aromatic carbocycles. The maximum Gasteiger partial charge on any atom is 0.336 e. The highest BCUT2D eigenvalue weighted by molar-refractivity contribution is 6.02. The van der Waals surface area contributed by atoms with E-state index in [-0.39, 0.29) is 21.1 Å². The molecule has 1 aliphatic carbocycles. The SMILES string of the molecule is CCCc1c(C(=O)O)cc(OC)cc1-c1cc(NC(=O)C2(c3ccc4c(c3)OCO4)CC2)ccc1C.[HH].[HH]. The van der Waals surface area contributed by atoms with Crippen molar-refractivity contribution >= 4 is 17.6 Å². The van der Waals surface area contributed by atoms with Gasteiger partial charge in [-0.1, -0.05) is 25.5 Å². The zero-order valence-electron chi connectivity index (χ0n) is 20.6. The first-order chi connectivity index (χ1) is 17.4. The topological polar surface area (TPSA) is 94.1 Å². The molecule has 2 N–H and O–H groups in total. The molecule has 0 radical (unpaired) electrons. The van der Waals surface area contributed by atoms with Crippen molar-refractivity contribution in [1.82, 2.24) is 0 Å². The molecule has 3 aromatic rings. The summed E-state index contributed by atoms with van der Waals surface area (Å²) in [7, 11) is 1.53. The lowest BCUT2D eigenvalue weighted by atomic mass is 9.89. The predicted octanol–water partition coefficient (Wildman–Crippen LogP) is 6.21. The van der Waals surface area contributed by atoms with Gasteiger partial charge in [0.05, 0.1) is 18.1 Å². The third-order valence-electron chi connectivity index (χ3n) is 7.08. The van der Waals surface area contributed by atoms with Gasteiger partial charge in [-0.3, -0.25) is 4.79 Å². The van der Waals surface area contributed by atoms with Crippen LogP contribution in [0.25, 0.3) is 11.1 Å². The quantitative estimate of drug-likeness (QED) is 0.389. The molecule has 7 heteroatoms. The van der Waals surface area contributed by atoms with Crippen molar-refractivity contribution in [2.45, 2.75) is 44.9 Å². The number of benzene rings is 3. The molecule has 1 saturated carbocycles. The maximum atomic E-state index is 13.5. The van der Waals surface area contributed by atoms with Crippen LogP contribution in [0.4, 0.5) is 5.69 Å². The molecule has 0 spiro atoms. The Labute approximate surface area is 213 Å². The van der Waals surface area contributed by atoms with Crippen LogP contribution in [0.5, 0.6) is 17.2 Å². The van der Waals surface area contributed by atoms with E-state index in [4.69, 9.17) is 14.2 Å². The smallest absolute Gasteiger partial charge is 0.336 e. The van der Waals surface area contributed by atoms with E-state index in [0.29, 0.717) is 29.4 Å². The number of amides is 1. The Morgan fingerprint density at radius 2 is 1.83 bits per heavy atom. The van der Waals surface area contributed by atoms with Gasteiger partial charge >= 0.3 is 5.97 Å². The number of rotatable bonds is 8. The first-order valence-corrected chi connectivity index (χ1v) is 12.1. The van der Waals surface area contributed by atoms with E-state index in [0.717, 1.165) is 47.1 Å². The summed E-state index contributed by atoms with van der Waals surface area (Å²) in [4.78, 5) is 25.5. The summed E-state index contributed by atoms with van der Waals surface area (Å²) in [6.45, 7) is 4.19. The van der Waals surface area contributed by atoms with Gasteiger partial charge in [0.2, 0.25) is 12.7 Å². The molecule has 1 aliphatic heterocycles. The number of fused-ring (bicyclic) bond motifs is 1. The standard InChI is InChI=1S/C29H29NO6.2H2/c1-4-5-21-23(14-20(34-3)15-24(21)27(31)32)22-13-19(8-6-17(22)2)30-28(33)29(10-11-29)18-7-9-25-26(12-18)36-16-35-25;;/h6-9,12-15H,4-5,10-11,16H2,1-3H3,(H,30,33)(H,31,32);2*1H. The molecule has 1 heterocycles. The van der Waals surface area contributed by atoms with Gasteiger partial charge in [0.15, 0.2) is 11.5 Å². The summed E-state index contributed by atoms with van der Waals surface area (Å²) >= 11 is 0. The first kappa shape index (κ1) is 23.7. The van der Waals surface area contributed by atoms with Gasteiger partial charge in [-0.05, 0) is 90.4 Å². The van der Waals surface area contributed by atoms with E-state index in [2.05, 4.69) is 5.32 Å². The fourth-order valence-corrected chi connectivity index (χ4v) is 4.92. The Balaban J connectivity index is 0.00000200. The molecule has 0 bridgehead atoms. The van der Waals surface area contributed by atoms with Gasteiger partial charge in [0, 0.05) is 8.54 Å². The highest BCUT2D eigenvalue weighted by Gasteiger charge is 2.51. The van der Waals surface area contributed by atoms with Gasteiger partial charge in [-0.2, -0.15) is 0 Å². The van der Waals surface area contributed by atoms with Crippen molar-refractivity contribution in [2.75, 3.05) is 19.2 Å². The van der Waals surface area contributed by atoms with Gasteiger partial charge < -0.3 is 24.6 Å². The summed E-state index contributed by atoms with van der Waals surface area (Å²) in [5.41, 5.74) is 4.63. The summed E-state index contributed by atoms with van der Waals surface area (Å²) in [5, 5.41) is 13.0. The molecule has 0 aromatic heterocycles. The average molecular weight is 492 g/mol.